The van der Waals surface area contributed by atoms with Gasteiger partial charge in [0.05, 0.1) is 12.8 Å². The fourth-order valence-electron chi connectivity index (χ4n) is 2.04. The molecule has 0 saturated carbocycles. The molecule has 2 N–H and O–H groups in total. The Bertz CT molecular complexity index is 710. The van der Waals surface area contributed by atoms with Gasteiger partial charge in [-0.25, -0.2) is 8.42 Å². The molecule has 114 valence electrons. The lowest BCUT2D eigenvalue weighted by atomic mass is 10.3. The number of aromatic amines is 1. The van der Waals surface area contributed by atoms with E-state index in [0.29, 0.717) is 18.0 Å². The maximum absolute atomic E-state index is 12.6. The largest absolute Gasteiger partial charge is 0.495 e. The number of benzene rings is 1. The van der Waals surface area contributed by atoms with Crippen LogP contribution in [0.4, 0.5) is 5.69 Å². The summed E-state index contributed by atoms with van der Waals surface area (Å²) in [5.74, 6) is 0.509. The molecule has 1 aromatic heterocycles. The number of H-pyrrole nitrogens is 1. The van der Waals surface area contributed by atoms with Gasteiger partial charge in [0, 0.05) is 25.5 Å². The lowest BCUT2D eigenvalue weighted by Crippen LogP contribution is -2.26. The molecule has 0 aliphatic rings. The van der Waals surface area contributed by atoms with Crippen LogP contribution in [0.3, 0.4) is 0 Å². The fraction of sp³-hybridized carbons (Fsp3) is 0.286. The SMILES string of the molecule is CNCc1cc(S(=O)(=O)N(C)c2ccccc2OC)c[nH]1. The molecule has 0 amide bonds. The third-order valence-electron chi connectivity index (χ3n) is 3.17. The Balaban J connectivity index is 2.37. The molecule has 0 fully saturated rings. The summed E-state index contributed by atoms with van der Waals surface area (Å²) in [4.78, 5) is 3.17. The van der Waals surface area contributed by atoms with Crippen LogP contribution in [0.1, 0.15) is 5.69 Å². The van der Waals surface area contributed by atoms with E-state index < -0.39 is 10.0 Å². The van der Waals surface area contributed by atoms with Crippen molar-refractivity contribution in [1.29, 1.82) is 0 Å². The second-order valence-corrected chi connectivity index (χ2v) is 6.50. The van der Waals surface area contributed by atoms with Crippen LogP contribution in [0.2, 0.25) is 0 Å². The number of hydrogen-bond donors (Lipinski definition) is 2. The molecule has 0 spiro atoms. The van der Waals surface area contributed by atoms with Gasteiger partial charge < -0.3 is 15.0 Å². The van der Waals surface area contributed by atoms with Crippen molar-refractivity contribution in [2.75, 3.05) is 25.5 Å². The molecule has 0 bridgehead atoms. The fourth-order valence-corrected chi connectivity index (χ4v) is 3.26. The zero-order valence-electron chi connectivity index (χ0n) is 12.3. The van der Waals surface area contributed by atoms with Gasteiger partial charge in [0.2, 0.25) is 0 Å². The summed E-state index contributed by atoms with van der Waals surface area (Å²) in [5, 5.41) is 2.97. The van der Waals surface area contributed by atoms with Crippen LogP contribution in [0.5, 0.6) is 5.75 Å². The van der Waals surface area contributed by atoms with Crippen LogP contribution >= 0.6 is 0 Å². The maximum Gasteiger partial charge on any atom is 0.265 e. The van der Waals surface area contributed by atoms with Gasteiger partial charge in [0.1, 0.15) is 10.6 Å². The van der Waals surface area contributed by atoms with E-state index in [-0.39, 0.29) is 4.90 Å². The standard InChI is InChI=1S/C14H19N3O3S/c1-15-9-11-8-12(10-16-11)21(18,19)17(2)13-6-4-5-7-14(13)20-3/h4-8,10,15-16H,9H2,1-3H3. The molecule has 0 unspecified atom stereocenters. The van der Waals surface area contributed by atoms with Gasteiger partial charge in [0.25, 0.3) is 10.0 Å². The highest BCUT2D eigenvalue weighted by Gasteiger charge is 2.24. The number of para-hydroxylation sites is 2. The number of aromatic nitrogens is 1. The Labute approximate surface area is 124 Å². The van der Waals surface area contributed by atoms with Gasteiger partial charge in [-0.05, 0) is 25.2 Å². The van der Waals surface area contributed by atoms with Crippen LogP contribution in [0.25, 0.3) is 0 Å². The first-order chi connectivity index (χ1) is 10.0. The van der Waals surface area contributed by atoms with Crippen LogP contribution in [0.15, 0.2) is 41.4 Å². The third-order valence-corrected chi connectivity index (χ3v) is 4.92. The van der Waals surface area contributed by atoms with Crippen molar-refractivity contribution in [3.63, 3.8) is 0 Å². The first-order valence-electron chi connectivity index (χ1n) is 6.44. The summed E-state index contributed by atoms with van der Waals surface area (Å²) < 4.78 is 31.7. The van der Waals surface area contributed by atoms with E-state index in [1.54, 1.807) is 37.4 Å². The van der Waals surface area contributed by atoms with Crippen molar-refractivity contribution in [1.82, 2.24) is 10.3 Å². The summed E-state index contributed by atoms with van der Waals surface area (Å²) in [7, 11) is 1.20. The highest BCUT2D eigenvalue weighted by molar-refractivity contribution is 7.92. The van der Waals surface area contributed by atoms with Crippen LogP contribution in [-0.4, -0.2) is 34.6 Å². The number of ether oxygens (including phenoxy) is 1. The first-order valence-corrected chi connectivity index (χ1v) is 7.88. The van der Waals surface area contributed by atoms with E-state index in [9.17, 15) is 8.42 Å². The highest BCUT2D eigenvalue weighted by Crippen LogP contribution is 2.30. The van der Waals surface area contributed by atoms with Gasteiger partial charge in [-0.2, -0.15) is 0 Å². The Morgan fingerprint density at radius 2 is 2.05 bits per heavy atom. The maximum atomic E-state index is 12.6. The summed E-state index contributed by atoms with van der Waals surface area (Å²) in [6.07, 6.45) is 1.49. The number of nitrogens with one attached hydrogen (secondary N) is 2. The molecule has 1 heterocycles. The molecule has 2 rings (SSSR count). The Morgan fingerprint density at radius 3 is 2.71 bits per heavy atom. The van der Waals surface area contributed by atoms with Crippen molar-refractivity contribution in [2.45, 2.75) is 11.4 Å². The topological polar surface area (TPSA) is 74.4 Å². The van der Waals surface area contributed by atoms with E-state index >= 15 is 0 Å². The van der Waals surface area contributed by atoms with E-state index in [1.807, 2.05) is 0 Å². The molecule has 0 saturated heterocycles. The van der Waals surface area contributed by atoms with Crippen molar-refractivity contribution >= 4 is 15.7 Å². The smallest absolute Gasteiger partial charge is 0.265 e. The second-order valence-electron chi connectivity index (χ2n) is 4.54. The monoisotopic (exact) mass is 309 g/mol. The molecule has 0 radical (unpaired) electrons. The minimum absolute atomic E-state index is 0.223. The minimum atomic E-state index is -3.63. The summed E-state index contributed by atoms with van der Waals surface area (Å²) in [6.45, 7) is 0.577. The molecule has 1 aromatic carbocycles. The lowest BCUT2D eigenvalue weighted by molar-refractivity contribution is 0.416. The van der Waals surface area contributed by atoms with Crippen LogP contribution in [0, 0.1) is 0 Å². The van der Waals surface area contributed by atoms with Gasteiger partial charge >= 0.3 is 0 Å². The highest BCUT2D eigenvalue weighted by atomic mass is 32.2. The molecule has 0 atom stereocenters. The number of hydrogen-bond acceptors (Lipinski definition) is 4. The lowest BCUT2D eigenvalue weighted by Gasteiger charge is -2.20. The number of anilines is 1. The molecule has 0 aliphatic heterocycles. The first kappa shape index (κ1) is 15.4. The number of sulfonamides is 1. The zero-order chi connectivity index (χ0) is 15.5. The van der Waals surface area contributed by atoms with E-state index in [4.69, 9.17) is 4.74 Å². The number of methoxy groups -OCH3 is 1. The molecular formula is C14H19N3O3S. The average molecular weight is 309 g/mol. The molecular weight excluding hydrogens is 290 g/mol. The van der Waals surface area contributed by atoms with E-state index in [0.717, 1.165) is 5.69 Å². The third kappa shape index (κ3) is 3.03. The molecule has 6 nitrogen and oxygen atoms in total. The van der Waals surface area contributed by atoms with Gasteiger partial charge in [0.15, 0.2) is 0 Å². The average Bonchev–Trinajstić information content (AvgIpc) is 2.96. The van der Waals surface area contributed by atoms with Crippen molar-refractivity contribution in [2.24, 2.45) is 0 Å². The minimum Gasteiger partial charge on any atom is -0.495 e. The Morgan fingerprint density at radius 1 is 1.33 bits per heavy atom. The van der Waals surface area contributed by atoms with Crippen LogP contribution in [-0.2, 0) is 16.6 Å². The summed E-state index contributed by atoms with van der Waals surface area (Å²) >= 11 is 0. The summed E-state index contributed by atoms with van der Waals surface area (Å²) in [6, 6.07) is 8.62. The van der Waals surface area contributed by atoms with Gasteiger partial charge in [-0.1, -0.05) is 12.1 Å². The number of nitrogens with zero attached hydrogens (tertiary/aromatic N) is 1. The van der Waals surface area contributed by atoms with Crippen molar-refractivity contribution in [3.05, 3.63) is 42.2 Å². The van der Waals surface area contributed by atoms with Crippen molar-refractivity contribution in [3.8, 4) is 5.75 Å². The van der Waals surface area contributed by atoms with Gasteiger partial charge in [-0.15, -0.1) is 0 Å². The van der Waals surface area contributed by atoms with Crippen molar-refractivity contribution < 1.29 is 13.2 Å². The predicted molar refractivity (Wildman–Crippen MR) is 82.1 cm³/mol. The van der Waals surface area contributed by atoms with E-state index in [1.165, 1.54) is 24.7 Å². The molecule has 2 aromatic rings. The second kappa shape index (κ2) is 6.19. The molecule has 21 heavy (non-hydrogen) atoms. The molecule has 7 heteroatoms. The quantitative estimate of drug-likeness (QED) is 0.849. The summed E-state index contributed by atoms with van der Waals surface area (Å²) in [5.41, 5.74) is 1.31. The predicted octanol–water partition coefficient (Wildman–Crippen LogP) is 1.57. The Kier molecular flexibility index (Phi) is 4.54. The molecule has 0 aliphatic carbocycles. The number of rotatable bonds is 6. The Hall–Kier alpha value is -1.99. The van der Waals surface area contributed by atoms with Gasteiger partial charge in [-0.3, -0.25) is 4.31 Å². The van der Waals surface area contributed by atoms with Crippen LogP contribution < -0.4 is 14.4 Å². The zero-order valence-corrected chi connectivity index (χ0v) is 13.1. The van der Waals surface area contributed by atoms with E-state index in [2.05, 4.69) is 10.3 Å². The normalized spacial score (nSPS) is 11.4.